The third-order valence-electron chi connectivity index (χ3n) is 4.04. The van der Waals surface area contributed by atoms with Crippen LogP contribution in [0.2, 0.25) is 0 Å². The zero-order chi connectivity index (χ0) is 12.3. The number of nitrogens with two attached hydrogens (primary N) is 1. The van der Waals surface area contributed by atoms with Gasteiger partial charge in [0.05, 0.1) is 18.8 Å². The number of morpholine rings is 1. The predicted molar refractivity (Wildman–Crippen MR) is 68.0 cm³/mol. The second-order valence-corrected chi connectivity index (χ2v) is 5.26. The van der Waals surface area contributed by atoms with Crippen LogP contribution >= 0.6 is 0 Å². The molecule has 0 aliphatic carbocycles. The van der Waals surface area contributed by atoms with Gasteiger partial charge in [-0.25, -0.2) is 0 Å². The van der Waals surface area contributed by atoms with Crippen LogP contribution in [-0.2, 0) is 9.47 Å². The molecule has 4 atom stereocenters. The van der Waals surface area contributed by atoms with Gasteiger partial charge in [0.1, 0.15) is 0 Å². The zero-order valence-electron chi connectivity index (χ0n) is 11.1. The van der Waals surface area contributed by atoms with Crippen molar-refractivity contribution in [2.45, 2.75) is 57.4 Å². The Morgan fingerprint density at radius 1 is 1.41 bits per heavy atom. The topological polar surface area (TPSA) is 47.7 Å². The number of hydrogen-bond acceptors (Lipinski definition) is 4. The van der Waals surface area contributed by atoms with Gasteiger partial charge in [-0.1, -0.05) is 6.92 Å². The van der Waals surface area contributed by atoms with E-state index in [9.17, 15) is 0 Å². The lowest BCUT2D eigenvalue weighted by Crippen LogP contribution is -2.58. The third-order valence-corrected chi connectivity index (χ3v) is 4.04. The number of hydrogen-bond donors (Lipinski definition) is 1. The van der Waals surface area contributed by atoms with Crippen molar-refractivity contribution >= 4 is 0 Å². The minimum atomic E-state index is 0.313. The molecule has 0 bridgehead atoms. The van der Waals surface area contributed by atoms with E-state index in [-0.39, 0.29) is 0 Å². The summed E-state index contributed by atoms with van der Waals surface area (Å²) in [5.41, 5.74) is 5.98. The normalized spacial score (nSPS) is 37.2. The van der Waals surface area contributed by atoms with E-state index >= 15 is 0 Å². The van der Waals surface area contributed by atoms with E-state index in [1.165, 1.54) is 6.42 Å². The Hall–Kier alpha value is -0.160. The van der Waals surface area contributed by atoms with Gasteiger partial charge in [-0.2, -0.15) is 0 Å². The Bertz CT molecular complexity index is 231. The average Bonchev–Trinajstić information content (AvgIpc) is 2.84. The molecule has 4 heteroatoms. The molecule has 2 N–H and O–H groups in total. The SMILES string of the molecule is CCC1COC(C)CN1C(CN)C1CCCO1. The molecule has 0 aromatic carbocycles. The summed E-state index contributed by atoms with van der Waals surface area (Å²) in [5.74, 6) is 0. The molecule has 2 saturated heterocycles. The van der Waals surface area contributed by atoms with E-state index in [4.69, 9.17) is 15.2 Å². The molecule has 0 saturated carbocycles. The number of ether oxygens (including phenoxy) is 2. The second kappa shape index (κ2) is 6.14. The first-order valence-electron chi connectivity index (χ1n) is 6.95. The van der Waals surface area contributed by atoms with Crippen molar-refractivity contribution in [3.05, 3.63) is 0 Å². The van der Waals surface area contributed by atoms with Gasteiger partial charge in [0.15, 0.2) is 0 Å². The summed E-state index contributed by atoms with van der Waals surface area (Å²) in [6.07, 6.45) is 4.10. The van der Waals surface area contributed by atoms with E-state index in [1.54, 1.807) is 0 Å². The molecule has 0 aromatic heterocycles. The van der Waals surface area contributed by atoms with Crippen molar-refractivity contribution in [3.8, 4) is 0 Å². The zero-order valence-corrected chi connectivity index (χ0v) is 11.1. The first kappa shape index (κ1) is 13.3. The van der Waals surface area contributed by atoms with Crippen molar-refractivity contribution < 1.29 is 9.47 Å². The standard InChI is InChI=1S/C13H26N2O2/c1-3-11-9-17-10(2)8-15(11)12(7-14)13-5-4-6-16-13/h10-13H,3-9,14H2,1-2H3. The highest BCUT2D eigenvalue weighted by Crippen LogP contribution is 2.24. The maximum absolute atomic E-state index is 5.98. The fourth-order valence-corrected chi connectivity index (χ4v) is 3.04. The molecule has 4 unspecified atom stereocenters. The van der Waals surface area contributed by atoms with Gasteiger partial charge in [-0.05, 0) is 26.2 Å². The highest BCUT2D eigenvalue weighted by atomic mass is 16.5. The molecule has 2 rings (SSSR count). The van der Waals surface area contributed by atoms with Crippen LogP contribution in [-0.4, -0.2) is 55.5 Å². The molecule has 2 aliphatic rings. The summed E-state index contributed by atoms with van der Waals surface area (Å²) >= 11 is 0. The Balaban J connectivity index is 2.03. The molecule has 0 aromatic rings. The van der Waals surface area contributed by atoms with Crippen LogP contribution in [0.5, 0.6) is 0 Å². The summed E-state index contributed by atoms with van der Waals surface area (Å²) in [7, 11) is 0. The first-order chi connectivity index (χ1) is 8.26. The van der Waals surface area contributed by atoms with Crippen LogP contribution in [0, 0.1) is 0 Å². The lowest BCUT2D eigenvalue weighted by Gasteiger charge is -2.44. The lowest BCUT2D eigenvalue weighted by atomic mass is 10.0. The maximum atomic E-state index is 5.98. The van der Waals surface area contributed by atoms with Crippen LogP contribution < -0.4 is 5.73 Å². The van der Waals surface area contributed by atoms with Gasteiger partial charge < -0.3 is 15.2 Å². The van der Waals surface area contributed by atoms with Crippen LogP contribution in [0.4, 0.5) is 0 Å². The average molecular weight is 242 g/mol. The fourth-order valence-electron chi connectivity index (χ4n) is 3.04. The first-order valence-corrected chi connectivity index (χ1v) is 6.95. The van der Waals surface area contributed by atoms with Crippen molar-refractivity contribution in [1.29, 1.82) is 0 Å². The summed E-state index contributed by atoms with van der Waals surface area (Å²) in [6, 6.07) is 0.873. The highest BCUT2D eigenvalue weighted by molar-refractivity contribution is 4.90. The molecular weight excluding hydrogens is 216 g/mol. The van der Waals surface area contributed by atoms with Crippen molar-refractivity contribution in [2.75, 3.05) is 26.3 Å². The van der Waals surface area contributed by atoms with Gasteiger partial charge in [0.2, 0.25) is 0 Å². The molecule has 0 radical (unpaired) electrons. The Kier molecular flexibility index (Phi) is 4.79. The molecule has 17 heavy (non-hydrogen) atoms. The quantitative estimate of drug-likeness (QED) is 0.799. The molecule has 2 fully saturated rings. The van der Waals surface area contributed by atoms with E-state index in [0.29, 0.717) is 30.8 Å². The predicted octanol–water partition coefficient (Wildman–Crippen LogP) is 0.992. The lowest BCUT2D eigenvalue weighted by molar-refractivity contribution is -0.0933. The molecule has 2 aliphatic heterocycles. The van der Waals surface area contributed by atoms with Gasteiger partial charge >= 0.3 is 0 Å². The van der Waals surface area contributed by atoms with Gasteiger partial charge in [0.25, 0.3) is 0 Å². The Morgan fingerprint density at radius 2 is 2.24 bits per heavy atom. The van der Waals surface area contributed by atoms with Crippen LogP contribution in [0.15, 0.2) is 0 Å². The summed E-state index contributed by atoms with van der Waals surface area (Å²) in [4.78, 5) is 2.53. The third kappa shape index (κ3) is 2.99. The van der Waals surface area contributed by atoms with Gasteiger partial charge in [-0.3, -0.25) is 4.90 Å². The molecule has 100 valence electrons. The largest absolute Gasteiger partial charge is 0.377 e. The second-order valence-electron chi connectivity index (χ2n) is 5.26. The fraction of sp³-hybridized carbons (Fsp3) is 1.00. The molecular formula is C13H26N2O2. The van der Waals surface area contributed by atoms with Crippen molar-refractivity contribution in [2.24, 2.45) is 5.73 Å². The molecule has 2 heterocycles. The minimum absolute atomic E-state index is 0.313. The monoisotopic (exact) mass is 242 g/mol. The van der Waals surface area contributed by atoms with Crippen molar-refractivity contribution in [1.82, 2.24) is 4.90 Å². The number of rotatable bonds is 4. The van der Waals surface area contributed by atoms with Crippen LogP contribution in [0.1, 0.15) is 33.1 Å². The summed E-state index contributed by atoms with van der Waals surface area (Å²) in [6.45, 7) is 7.77. The van der Waals surface area contributed by atoms with Crippen LogP contribution in [0.25, 0.3) is 0 Å². The Morgan fingerprint density at radius 3 is 2.82 bits per heavy atom. The number of nitrogens with zero attached hydrogens (tertiary/aromatic N) is 1. The highest BCUT2D eigenvalue weighted by Gasteiger charge is 2.36. The smallest absolute Gasteiger partial charge is 0.0743 e. The van der Waals surface area contributed by atoms with E-state index in [2.05, 4.69) is 18.7 Å². The minimum Gasteiger partial charge on any atom is -0.377 e. The summed E-state index contributed by atoms with van der Waals surface area (Å²) in [5, 5.41) is 0. The molecule has 4 nitrogen and oxygen atoms in total. The Labute approximate surface area is 104 Å². The maximum Gasteiger partial charge on any atom is 0.0743 e. The van der Waals surface area contributed by atoms with Crippen molar-refractivity contribution in [3.63, 3.8) is 0 Å². The van der Waals surface area contributed by atoms with E-state index in [1.807, 2.05) is 0 Å². The van der Waals surface area contributed by atoms with E-state index in [0.717, 1.165) is 32.6 Å². The molecule has 0 amide bonds. The molecule has 0 spiro atoms. The van der Waals surface area contributed by atoms with Gasteiger partial charge in [0, 0.05) is 31.8 Å². The van der Waals surface area contributed by atoms with Gasteiger partial charge in [-0.15, -0.1) is 0 Å². The van der Waals surface area contributed by atoms with E-state index < -0.39 is 0 Å². The van der Waals surface area contributed by atoms with Crippen LogP contribution in [0.3, 0.4) is 0 Å². The summed E-state index contributed by atoms with van der Waals surface area (Å²) < 4.78 is 11.6.